The summed E-state index contributed by atoms with van der Waals surface area (Å²) in [5.41, 5.74) is 9.28. The van der Waals surface area contributed by atoms with E-state index in [9.17, 15) is 0 Å². The highest BCUT2D eigenvalue weighted by molar-refractivity contribution is 5.37. The number of hydrogen-bond acceptors (Lipinski definition) is 4. The van der Waals surface area contributed by atoms with E-state index >= 15 is 0 Å². The lowest BCUT2D eigenvalue weighted by Crippen LogP contribution is -2.26. The number of anilines is 1. The number of nitrogens with two attached hydrogens (primary N) is 1. The highest BCUT2D eigenvalue weighted by Gasteiger charge is 2.14. The summed E-state index contributed by atoms with van der Waals surface area (Å²) < 4.78 is 0. The van der Waals surface area contributed by atoms with Crippen LogP contribution in [0.5, 0.6) is 0 Å². The normalized spacial score (nSPS) is 10.7. The first-order valence-electron chi connectivity index (χ1n) is 7.05. The molecule has 4 nitrogen and oxygen atoms in total. The van der Waals surface area contributed by atoms with Crippen molar-refractivity contribution in [2.45, 2.75) is 47.0 Å². The van der Waals surface area contributed by atoms with Crippen molar-refractivity contribution in [1.82, 2.24) is 9.97 Å². The van der Waals surface area contributed by atoms with Gasteiger partial charge in [0.25, 0.3) is 0 Å². The monoisotopic (exact) mass is 250 g/mol. The first-order valence-corrected chi connectivity index (χ1v) is 7.05. The van der Waals surface area contributed by atoms with Crippen LogP contribution in [0.1, 0.15) is 44.6 Å². The number of nitrogens with zero attached hydrogens (tertiary/aromatic N) is 3. The van der Waals surface area contributed by atoms with E-state index in [0.29, 0.717) is 6.54 Å². The summed E-state index contributed by atoms with van der Waals surface area (Å²) in [4.78, 5) is 11.6. The summed E-state index contributed by atoms with van der Waals surface area (Å²) in [6.45, 7) is 11.1. The van der Waals surface area contributed by atoms with E-state index in [1.54, 1.807) is 0 Å². The molecular weight excluding hydrogens is 224 g/mol. The molecule has 0 unspecified atom stereocenters. The smallest absolute Gasteiger partial charge is 0.225 e. The van der Waals surface area contributed by atoms with Gasteiger partial charge < -0.3 is 10.6 Å². The van der Waals surface area contributed by atoms with Crippen LogP contribution in [0.15, 0.2) is 0 Å². The molecule has 0 aliphatic carbocycles. The molecule has 0 saturated carbocycles. The quantitative estimate of drug-likeness (QED) is 0.803. The highest BCUT2D eigenvalue weighted by atomic mass is 15.2. The van der Waals surface area contributed by atoms with E-state index in [0.717, 1.165) is 49.7 Å². The summed E-state index contributed by atoms with van der Waals surface area (Å²) in [5, 5.41) is 0. The fourth-order valence-corrected chi connectivity index (χ4v) is 2.23. The maximum Gasteiger partial charge on any atom is 0.225 e. The molecule has 102 valence electrons. The SMILES string of the molecule is CCc1nc(N(CC)CC)nc(CC)c1CCN. The number of rotatable bonds is 7. The fourth-order valence-electron chi connectivity index (χ4n) is 2.23. The van der Waals surface area contributed by atoms with Crippen LogP contribution >= 0.6 is 0 Å². The molecule has 0 spiro atoms. The Balaban J connectivity index is 3.24. The van der Waals surface area contributed by atoms with Crippen LogP contribution in [0.25, 0.3) is 0 Å². The Morgan fingerprint density at radius 2 is 1.44 bits per heavy atom. The van der Waals surface area contributed by atoms with Gasteiger partial charge in [-0.25, -0.2) is 9.97 Å². The van der Waals surface area contributed by atoms with Crippen molar-refractivity contribution in [1.29, 1.82) is 0 Å². The zero-order valence-electron chi connectivity index (χ0n) is 12.2. The summed E-state index contributed by atoms with van der Waals surface area (Å²) in [5.74, 6) is 0.870. The Hall–Kier alpha value is -1.16. The van der Waals surface area contributed by atoms with Crippen LogP contribution in [-0.4, -0.2) is 29.6 Å². The van der Waals surface area contributed by atoms with Gasteiger partial charge in [0.15, 0.2) is 0 Å². The molecule has 0 aliphatic rings. The van der Waals surface area contributed by atoms with Crippen LogP contribution in [0, 0.1) is 0 Å². The average molecular weight is 250 g/mol. The van der Waals surface area contributed by atoms with Crippen LogP contribution in [0.2, 0.25) is 0 Å². The maximum atomic E-state index is 5.69. The fraction of sp³-hybridized carbons (Fsp3) is 0.714. The van der Waals surface area contributed by atoms with Crippen molar-refractivity contribution in [2.75, 3.05) is 24.5 Å². The second-order valence-electron chi connectivity index (χ2n) is 4.31. The molecule has 1 aromatic rings. The Bertz CT molecular complexity index is 347. The van der Waals surface area contributed by atoms with Gasteiger partial charge in [-0.1, -0.05) is 13.8 Å². The standard InChI is InChI=1S/C14H26N4/c1-5-12-11(9-10-15)13(6-2)17-14(16-12)18(7-3)8-4/h5-10,15H2,1-4H3. The van der Waals surface area contributed by atoms with Crippen LogP contribution in [-0.2, 0) is 19.3 Å². The van der Waals surface area contributed by atoms with Gasteiger partial charge in [0, 0.05) is 24.5 Å². The molecule has 1 aromatic heterocycles. The van der Waals surface area contributed by atoms with Crippen LogP contribution in [0.3, 0.4) is 0 Å². The van der Waals surface area contributed by atoms with E-state index in [1.807, 2.05) is 0 Å². The van der Waals surface area contributed by atoms with Crippen molar-refractivity contribution < 1.29 is 0 Å². The third-order valence-corrected chi connectivity index (χ3v) is 3.28. The third kappa shape index (κ3) is 3.19. The minimum Gasteiger partial charge on any atom is -0.341 e. The molecule has 0 fully saturated rings. The average Bonchev–Trinajstić information content (AvgIpc) is 2.41. The Morgan fingerprint density at radius 3 is 1.78 bits per heavy atom. The molecule has 0 amide bonds. The largest absolute Gasteiger partial charge is 0.341 e. The van der Waals surface area contributed by atoms with Crippen LogP contribution in [0.4, 0.5) is 5.95 Å². The minimum atomic E-state index is 0.661. The summed E-state index contributed by atoms with van der Waals surface area (Å²) in [6.07, 6.45) is 2.77. The van der Waals surface area contributed by atoms with Crippen molar-refractivity contribution in [3.8, 4) is 0 Å². The van der Waals surface area contributed by atoms with E-state index in [2.05, 4.69) is 32.6 Å². The zero-order chi connectivity index (χ0) is 13.5. The lowest BCUT2D eigenvalue weighted by molar-refractivity contribution is 0.776. The molecule has 0 radical (unpaired) electrons. The van der Waals surface area contributed by atoms with Crippen molar-refractivity contribution in [2.24, 2.45) is 5.73 Å². The Labute approximate surface area is 111 Å². The molecule has 18 heavy (non-hydrogen) atoms. The van der Waals surface area contributed by atoms with Gasteiger partial charge in [-0.2, -0.15) is 0 Å². The molecule has 1 rings (SSSR count). The number of aryl methyl sites for hydroxylation is 2. The predicted octanol–water partition coefficient (Wildman–Crippen LogP) is 1.95. The second-order valence-corrected chi connectivity index (χ2v) is 4.31. The van der Waals surface area contributed by atoms with Gasteiger partial charge in [0.2, 0.25) is 5.95 Å². The maximum absolute atomic E-state index is 5.69. The Morgan fingerprint density at radius 1 is 0.944 bits per heavy atom. The first kappa shape index (κ1) is 14.9. The number of aromatic nitrogens is 2. The van der Waals surface area contributed by atoms with Gasteiger partial charge in [-0.15, -0.1) is 0 Å². The van der Waals surface area contributed by atoms with Crippen molar-refractivity contribution >= 4 is 5.95 Å². The lowest BCUT2D eigenvalue weighted by Gasteiger charge is -2.21. The summed E-state index contributed by atoms with van der Waals surface area (Å²) in [6, 6.07) is 0. The molecular formula is C14H26N4. The molecule has 1 heterocycles. The summed E-state index contributed by atoms with van der Waals surface area (Å²) in [7, 11) is 0. The highest BCUT2D eigenvalue weighted by Crippen LogP contribution is 2.18. The molecule has 2 N–H and O–H groups in total. The molecule has 0 saturated heterocycles. The van der Waals surface area contributed by atoms with Crippen molar-refractivity contribution in [3.05, 3.63) is 17.0 Å². The minimum absolute atomic E-state index is 0.661. The van der Waals surface area contributed by atoms with Crippen molar-refractivity contribution in [3.63, 3.8) is 0 Å². The first-order chi connectivity index (χ1) is 8.71. The van der Waals surface area contributed by atoms with E-state index in [4.69, 9.17) is 15.7 Å². The Kier molecular flexibility index (Phi) is 6.05. The van der Waals surface area contributed by atoms with E-state index in [-0.39, 0.29) is 0 Å². The molecule has 0 atom stereocenters. The van der Waals surface area contributed by atoms with Gasteiger partial charge in [-0.05, 0) is 45.2 Å². The second kappa shape index (κ2) is 7.31. The topological polar surface area (TPSA) is 55.0 Å². The van der Waals surface area contributed by atoms with Gasteiger partial charge in [-0.3, -0.25) is 0 Å². The van der Waals surface area contributed by atoms with Crippen LogP contribution < -0.4 is 10.6 Å². The lowest BCUT2D eigenvalue weighted by atomic mass is 10.0. The summed E-state index contributed by atoms with van der Waals surface area (Å²) >= 11 is 0. The molecule has 0 aromatic carbocycles. The molecule has 0 aliphatic heterocycles. The molecule has 0 bridgehead atoms. The van der Waals surface area contributed by atoms with Gasteiger partial charge in [0.05, 0.1) is 0 Å². The zero-order valence-corrected chi connectivity index (χ0v) is 12.2. The number of hydrogen-bond donors (Lipinski definition) is 1. The van der Waals surface area contributed by atoms with E-state index < -0.39 is 0 Å². The van der Waals surface area contributed by atoms with Gasteiger partial charge in [0.1, 0.15) is 0 Å². The predicted molar refractivity (Wildman–Crippen MR) is 77.1 cm³/mol. The third-order valence-electron chi connectivity index (χ3n) is 3.28. The molecule has 4 heteroatoms. The van der Waals surface area contributed by atoms with E-state index in [1.165, 1.54) is 5.56 Å². The van der Waals surface area contributed by atoms with Gasteiger partial charge >= 0.3 is 0 Å².